The molecular weight excluding hydrogens is 212 g/mol. The van der Waals surface area contributed by atoms with Crippen LogP contribution in [-0.2, 0) is 0 Å². The van der Waals surface area contributed by atoms with Gasteiger partial charge >= 0.3 is 0 Å². The first kappa shape index (κ1) is 12.4. The number of nitro groups is 1. The summed E-state index contributed by atoms with van der Waals surface area (Å²) < 4.78 is 4.95. The van der Waals surface area contributed by atoms with Gasteiger partial charge < -0.3 is 15.6 Å². The Labute approximate surface area is 92.8 Å². The van der Waals surface area contributed by atoms with E-state index in [1.807, 2.05) is 0 Å². The van der Waals surface area contributed by atoms with Crippen molar-refractivity contribution in [2.75, 3.05) is 13.7 Å². The number of hydrogen-bond acceptors (Lipinski definition) is 5. The third kappa shape index (κ3) is 2.68. The number of ether oxygens (including phenoxy) is 1. The average Bonchev–Trinajstić information content (AvgIpc) is 2.28. The molecule has 0 fully saturated rings. The van der Waals surface area contributed by atoms with Gasteiger partial charge in [0.1, 0.15) is 5.75 Å². The summed E-state index contributed by atoms with van der Waals surface area (Å²) in [6.07, 6.45) is -0.672. The molecule has 1 rings (SSSR count). The second kappa shape index (κ2) is 5.43. The lowest BCUT2D eigenvalue weighted by Crippen LogP contribution is -2.08. The predicted octanol–water partition coefficient (Wildman–Crippen LogP) is 0.986. The smallest absolute Gasteiger partial charge is 0.275 e. The molecule has 0 aliphatic rings. The van der Waals surface area contributed by atoms with E-state index in [0.29, 0.717) is 5.75 Å². The summed E-state index contributed by atoms with van der Waals surface area (Å²) >= 11 is 0. The second-order valence-corrected chi connectivity index (χ2v) is 3.28. The Hall–Kier alpha value is -1.66. The molecule has 3 N–H and O–H groups in total. The zero-order chi connectivity index (χ0) is 12.1. The SMILES string of the molecule is COc1ccc([N+](=O)[O-])c([C@@H](O)CCN)c1. The average molecular weight is 226 g/mol. The van der Waals surface area contributed by atoms with Crippen molar-refractivity contribution in [3.63, 3.8) is 0 Å². The van der Waals surface area contributed by atoms with Gasteiger partial charge in [-0.05, 0) is 25.1 Å². The number of aliphatic hydroxyl groups excluding tert-OH is 1. The summed E-state index contributed by atoms with van der Waals surface area (Å²) in [5, 5.41) is 20.5. The van der Waals surface area contributed by atoms with Crippen molar-refractivity contribution in [2.45, 2.75) is 12.5 Å². The van der Waals surface area contributed by atoms with Crippen LogP contribution in [0.5, 0.6) is 5.75 Å². The van der Waals surface area contributed by atoms with Crippen molar-refractivity contribution >= 4 is 5.69 Å². The van der Waals surface area contributed by atoms with Crippen LogP contribution in [0.25, 0.3) is 0 Å². The summed E-state index contributed by atoms with van der Waals surface area (Å²) in [5.41, 5.74) is 5.41. The molecular formula is C10H14N2O4. The molecule has 0 bridgehead atoms. The van der Waals surface area contributed by atoms with Gasteiger partial charge in [0.2, 0.25) is 0 Å². The molecule has 6 nitrogen and oxygen atoms in total. The Balaban J connectivity index is 3.14. The molecule has 0 aliphatic heterocycles. The Bertz CT molecular complexity index is 381. The maximum atomic E-state index is 10.8. The van der Waals surface area contributed by atoms with E-state index in [-0.39, 0.29) is 24.2 Å². The normalized spacial score (nSPS) is 12.2. The Morgan fingerprint density at radius 2 is 2.31 bits per heavy atom. The molecule has 0 amide bonds. The van der Waals surface area contributed by atoms with Gasteiger partial charge in [0.25, 0.3) is 5.69 Å². The predicted molar refractivity (Wildman–Crippen MR) is 58.3 cm³/mol. The highest BCUT2D eigenvalue weighted by Gasteiger charge is 2.20. The van der Waals surface area contributed by atoms with Crippen LogP contribution in [0.3, 0.4) is 0 Å². The van der Waals surface area contributed by atoms with E-state index in [4.69, 9.17) is 10.5 Å². The number of rotatable bonds is 5. The van der Waals surface area contributed by atoms with Crippen molar-refractivity contribution in [3.8, 4) is 5.75 Å². The maximum absolute atomic E-state index is 10.8. The molecule has 88 valence electrons. The van der Waals surface area contributed by atoms with Gasteiger partial charge in [-0.2, -0.15) is 0 Å². The number of aliphatic hydroxyl groups is 1. The van der Waals surface area contributed by atoms with Crippen LogP contribution in [0.2, 0.25) is 0 Å². The third-order valence-corrected chi connectivity index (χ3v) is 2.23. The van der Waals surface area contributed by atoms with Crippen molar-refractivity contribution in [2.24, 2.45) is 5.73 Å². The first-order valence-corrected chi connectivity index (χ1v) is 4.80. The van der Waals surface area contributed by atoms with Gasteiger partial charge in [0.15, 0.2) is 0 Å². The zero-order valence-electron chi connectivity index (χ0n) is 8.92. The van der Waals surface area contributed by atoms with Gasteiger partial charge in [-0.15, -0.1) is 0 Å². The van der Waals surface area contributed by atoms with E-state index in [2.05, 4.69) is 0 Å². The summed E-state index contributed by atoms with van der Waals surface area (Å²) in [5.74, 6) is 0.469. The van der Waals surface area contributed by atoms with Crippen LogP contribution in [0.15, 0.2) is 18.2 Å². The molecule has 0 aliphatic carbocycles. The van der Waals surface area contributed by atoms with Gasteiger partial charge in [-0.3, -0.25) is 10.1 Å². The second-order valence-electron chi connectivity index (χ2n) is 3.28. The van der Waals surface area contributed by atoms with Crippen LogP contribution < -0.4 is 10.5 Å². The number of benzene rings is 1. The van der Waals surface area contributed by atoms with E-state index in [9.17, 15) is 15.2 Å². The lowest BCUT2D eigenvalue weighted by Gasteiger charge is -2.11. The number of hydrogen-bond donors (Lipinski definition) is 2. The molecule has 1 atom stereocenters. The van der Waals surface area contributed by atoms with Crippen molar-refractivity contribution in [3.05, 3.63) is 33.9 Å². The van der Waals surface area contributed by atoms with Crippen molar-refractivity contribution in [1.82, 2.24) is 0 Å². The molecule has 0 saturated carbocycles. The van der Waals surface area contributed by atoms with E-state index in [0.717, 1.165) is 0 Å². The minimum Gasteiger partial charge on any atom is -0.497 e. The quantitative estimate of drug-likeness (QED) is 0.576. The van der Waals surface area contributed by atoms with Gasteiger partial charge in [0, 0.05) is 6.07 Å². The van der Waals surface area contributed by atoms with E-state index in [1.165, 1.54) is 25.3 Å². The molecule has 0 aromatic heterocycles. The minimum atomic E-state index is -0.944. The Kier molecular flexibility index (Phi) is 4.21. The molecule has 0 spiro atoms. The molecule has 1 aromatic carbocycles. The fourth-order valence-electron chi connectivity index (χ4n) is 1.41. The molecule has 0 unspecified atom stereocenters. The molecule has 0 heterocycles. The number of nitrogens with zero attached hydrogens (tertiary/aromatic N) is 1. The van der Waals surface area contributed by atoms with E-state index < -0.39 is 11.0 Å². The number of nitrogens with two attached hydrogens (primary N) is 1. The lowest BCUT2D eigenvalue weighted by atomic mass is 10.0. The molecule has 6 heteroatoms. The van der Waals surface area contributed by atoms with Gasteiger partial charge in [0.05, 0.1) is 23.7 Å². The third-order valence-electron chi connectivity index (χ3n) is 2.23. The Morgan fingerprint density at radius 1 is 1.62 bits per heavy atom. The van der Waals surface area contributed by atoms with Crippen LogP contribution in [0.1, 0.15) is 18.1 Å². The Morgan fingerprint density at radius 3 is 2.81 bits per heavy atom. The first-order valence-electron chi connectivity index (χ1n) is 4.80. The summed E-state index contributed by atoms with van der Waals surface area (Å²) in [4.78, 5) is 10.2. The number of methoxy groups -OCH3 is 1. The minimum absolute atomic E-state index is 0.123. The fraction of sp³-hybridized carbons (Fsp3) is 0.400. The monoisotopic (exact) mass is 226 g/mol. The summed E-state index contributed by atoms with van der Waals surface area (Å²) in [6, 6.07) is 4.25. The van der Waals surface area contributed by atoms with Crippen molar-refractivity contribution in [1.29, 1.82) is 0 Å². The zero-order valence-corrected chi connectivity index (χ0v) is 8.92. The molecule has 16 heavy (non-hydrogen) atoms. The van der Waals surface area contributed by atoms with Crippen LogP contribution in [0.4, 0.5) is 5.69 Å². The highest BCUT2D eigenvalue weighted by atomic mass is 16.6. The van der Waals surface area contributed by atoms with Crippen molar-refractivity contribution < 1.29 is 14.8 Å². The van der Waals surface area contributed by atoms with E-state index in [1.54, 1.807) is 0 Å². The molecule has 1 aromatic rings. The largest absolute Gasteiger partial charge is 0.497 e. The fourth-order valence-corrected chi connectivity index (χ4v) is 1.41. The van der Waals surface area contributed by atoms with Crippen LogP contribution >= 0.6 is 0 Å². The molecule has 0 saturated heterocycles. The summed E-state index contributed by atoms with van der Waals surface area (Å²) in [6.45, 7) is 0.259. The highest BCUT2D eigenvalue weighted by Crippen LogP contribution is 2.30. The van der Waals surface area contributed by atoms with Crippen LogP contribution in [0, 0.1) is 10.1 Å². The number of nitro benzene ring substituents is 1. The van der Waals surface area contributed by atoms with Crippen LogP contribution in [-0.4, -0.2) is 23.7 Å². The lowest BCUT2D eigenvalue weighted by molar-refractivity contribution is -0.386. The van der Waals surface area contributed by atoms with E-state index >= 15 is 0 Å². The summed E-state index contributed by atoms with van der Waals surface area (Å²) in [7, 11) is 1.46. The van der Waals surface area contributed by atoms with Gasteiger partial charge in [-0.25, -0.2) is 0 Å². The maximum Gasteiger partial charge on any atom is 0.275 e. The molecule has 0 radical (unpaired) electrons. The highest BCUT2D eigenvalue weighted by molar-refractivity contribution is 5.46. The topological polar surface area (TPSA) is 98.6 Å². The van der Waals surface area contributed by atoms with Gasteiger partial charge in [-0.1, -0.05) is 0 Å². The first-order chi connectivity index (χ1) is 7.60. The standard InChI is InChI=1S/C10H14N2O4/c1-16-7-2-3-9(12(14)15)8(6-7)10(13)4-5-11/h2-3,6,10,13H,4-5,11H2,1H3/t10-/m0/s1.